The minimum atomic E-state index is -0.389. The molecule has 4 N–H and O–H groups in total. The van der Waals surface area contributed by atoms with Crippen LogP contribution in [0.25, 0.3) is 0 Å². The maximum Gasteiger partial charge on any atom is 0.199 e. The number of alkyl halides is 2. The first-order valence-electron chi connectivity index (χ1n) is 8.38. The first-order valence-corrected chi connectivity index (χ1v) is 9.45. The summed E-state index contributed by atoms with van der Waals surface area (Å²) < 4.78 is 11.8. The number of nitrogens with zero attached hydrogens (tertiary/aromatic N) is 2. The van der Waals surface area contributed by atoms with E-state index in [1.807, 2.05) is 0 Å². The molecular formula is C18H36Cl2CuN2O4. The molecule has 0 bridgehead atoms. The normalized spacial score (nSPS) is 21.7. The van der Waals surface area contributed by atoms with E-state index < -0.39 is 0 Å². The molecule has 0 fully saturated rings. The van der Waals surface area contributed by atoms with Gasteiger partial charge in [-0.2, -0.15) is 0 Å². The smallest absolute Gasteiger partial charge is 0.199 e. The van der Waals surface area contributed by atoms with Gasteiger partial charge in [0.15, 0.2) is 11.8 Å². The van der Waals surface area contributed by atoms with Crippen LogP contribution in [0.15, 0.2) is 9.98 Å². The van der Waals surface area contributed by atoms with Gasteiger partial charge < -0.3 is 20.4 Å². The van der Waals surface area contributed by atoms with Gasteiger partial charge in [0.1, 0.15) is 18.6 Å². The fourth-order valence-corrected chi connectivity index (χ4v) is 2.41. The van der Waals surface area contributed by atoms with Crippen LogP contribution in [0, 0.1) is 16.2 Å². The van der Waals surface area contributed by atoms with Crippen LogP contribution in [0.1, 0.15) is 55.4 Å². The van der Waals surface area contributed by atoms with Crippen LogP contribution in [-0.4, -0.2) is 53.4 Å². The van der Waals surface area contributed by atoms with E-state index in [4.69, 9.17) is 42.7 Å². The molecule has 2 heterocycles. The number of halogens is 2. The zero-order valence-corrected chi connectivity index (χ0v) is 20.0. The molecule has 9 heteroatoms. The Hall–Kier alpha value is -0.0405. The maximum absolute atomic E-state index is 5.88. The zero-order valence-electron chi connectivity index (χ0n) is 17.5. The zero-order chi connectivity index (χ0) is 18.8. The van der Waals surface area contributed by atoms with E-state index in [2.05, 4.69) is 55.4 Å². The molecule has 0 unspecified atom stereocenters. The third-order valence-corrected chi connectivity index (χ3v) is 4.37. The van der Waals surface area contributed by atoms with Gasteiger partial charge in [0.25, 0.3) is 0 Å². The fraction of sp³-hybridized carbons (Fsp3) is 0.889. The van der Waals surface area contributed by atoms with E-state index in [-0.39, 0.29) is 61.7 Å². The fourth-order valence-electron chi connectivity index (χ4n) is 2.41. The molecule has 1 radical (unpaired) electrons. The van der Waals surface area contributed by atoms with Gasteiger partial charge in [-0.15, -0.1) is 23.2 Å². The molecule has 0 spiro atoms. The molecule has 0 amide bonds. The second-order valence-electron chi connectivity index (χ2n) is 8.98. The van der Waals surface area contributed by atoms with Gasteiger partial charge in [-0.3, -0.25) is 0 Å². The second kappa shape index (κ2) is 11.8. The molecule has 0 saturated heterocycles. The van der Waals surface area contributed by atoms with Crippen LogP contribution < -0.4 is 0 Å². The number of aliphatic imine (C=N–C) groups is 2. The quantitative estimate of drug-likeness (QED) is 0.447. The van der Waals surface area contributed by atoms with Crippen molar-refractivity contribution in [1.82, 2.24) is 0 Å². The van der Waals surface area contributed by atoms with Crippen LogP contribution in [0.2, 0.25) is 0 Å². The first kappa shape index (κ1) is 31.6. The summed E-state index contributed by atoms with van der Waals surface area (Å²) in [5.74, 6) is 1.52. The van der Waals surface area contributed by atoms with Gasteiger partial charge in [-0.1, -0.05) is 41.5 Å². The number of hydrogen-bond acceptors (Lipinski definition) is 4. The largest absolute Gasteiger partial charge is 0.478 e. The molecule has 0 aromatic heterocycles. The van der Waals surface area contributed by atoms with E-state index in [1.165, 1.54) is 0 Å². The van der Waals surface area contributed by atoms with Crippen molar-refractivity contribution >= 4 is 35.0 Å². The molecule has 0 aliphatic carbocycles. The Morgan fingerprint density at radius 3 is 1.22 bits per heavy atom. The molecule has 167 valence electrons. The van der Waals surface area contributed by atoms with Crippen LogP contribution >= 0.6 is 23.2 Å². The summed E-state index contributed by atoms with van der Waals surface area (Å²) in [5.41, 5.74) is -0.158. The van der Waals surface area contributed by atoms with Crippen LogP contribution in [-0.2, 0) is 26.5 Å². The van der Waals surface area contributed by atoms with Gasteiger partial charge in [0.05, 0.1) is 17.4 Å². The second-order valence-corrected chi connectivity index (χ2v) is 9.79. The van der Waals surface area contributed by atoms with E-state index in [0.717, 1.165) is 11.8 Å². The molecule has 2 rings (SSSR count). The van der Waals surface area contributed by atoms with Gasteiger partial charge >= 0.3 is 0 Å². The predicted octanol–water partition coefficient (Wildman–Crippen LogP) is 3.47. The van der Waals surface area contributed by atoms with Gasteiger partial charge in [-0.05, 0) is 24.7 Å². The molecule has 6 nitrogen and oxygen atoms in total. The van der Waals surface area contributed by atoms with E-state index in [0.29, 0.717) is 13.2 Å². The molecular weight excluding hydrogens is 443 g/mol. The molecule has 2 aliphatic rings. The number of rotatable bonds is 2. The van der Waals surface area contributed by atoms with Crippen molar-refractivity contribution in [3.63, 3.8) is 0 Å². The minimum absolute atomic E-state index is 0. The Morgan fingerprint density at radius 1 is 0.778 bits per heavy atom. The Kier molecular flexibility index (Phi) is 13.9. The predicted molar refractivity (Wildman–Crippen MR) is 111 cm³/mol. The maximum atomic E-state index is 5.88. The van der Waals surface area contributed by atoms with Crippen LogP contribution in [0.5, 0.6) is 0 Å². The molecule has 27 heavy (non-hydrogen) atoms. The summed E-state index contributed by atoms with van der Waals surface area (Å²) in [6.07, 6.45) is 0. The Balaban J connectivity index is -0.000000900. The van der Waals surface area contributed by atoms with Crippen molar-refractivity contribution in [2.24, 2.45) is 26.2 Å². The summed E-state index contributed by atoms with van der Waals surface area (Å²) in [5, 5.41) is 0.194. The van der Waals surface area contributed by atoms with Crippen molar-refractivity contribution in [3.8, 4) is 0 Å². The van der Waals surface area contributed by atoms with E-state index in [1.54, 1.807) is 0 Å². The number of ether oxygens (including phenoxy) is 2. The standard InChI is InChI=1S/C17H30N2O2.CH2Cl2.Cu.2H2O/c1-15(2,3)11-9-20-13(18-11)17(7,8)14-19-12(10-21-14)16(4,5)6;2-1-3;;;/h11-12H,9-10H2,1-8H3;1H2;;2*1H2/t11-,12-;;;;/m1..../s1. The molecule has 0 aromatic rings. The topological polar surface area (TPSA) is 106 Å². The summed E-state index contributed by atoms with van der Waals surface area (Å²) in [4.78, 5) is 9.59. The Bertz CT molecular complexity index is 459. The molecule has 0 aromatic carbocycles. The monoisotopic (exact) mass is 477 g/mol. The van der Waals surface area contributed by atoms with Gasteiger partial charge in [0.2, 0.25) is 0 Å². The third-order valence-electron chi connectivity index (χ3n) is 4.37. The van der Waals surface area contributed by atoms with Crippen molar-refractivity contribution in [2.45, 2.75) is 67.5 Å². The van der Waals surface area contributed by atoms with Gasteiger partial charge in [-0.25, -0.2) is 9.98 Å². The van der Waals surface area contributed by atoms with Crippen LogP contribution in [0.4, 0.5) is 0 Å². The molecule has 2 aliphatic heterocycles. The summed E-state index contributed by atoms with van der Waals surface area (Å²) in [7, 11) is 0. The van der Waals surface area contributed by atoms with E-state index in [9.17, 15) is 0 Å². The van der Waals surface area contributed by atoms with Gasteiger partial charge in [0, 0.05) is 17.1 Å². The summed E-state index contributed by atoms with van der Waals surface area (Å²) in [6, 6.07) is 0.402. The average Bonchev–Trinajstić information content (AvgIpc) is 3.08. The number of hydrogen-bond donors (Lipinski definition) is 0. The Morgan fingerprint density at radius 2 is 1.04 bits per heavy atom. The summed E-state index contributed by atoms with van der Waals surface area (Å²) in [6.45, 7) is 18.6. The SMILES string of the molecule is CC(C)(C1=N[C@@H](C(C)(C)C)CO1)C1=N[C@@H](C(C)(C)C)CO1.ClCCl.O.O.[Cu]. The third kappa shape index (κ3) is 8.46. The van der Waals surface area contributed by atoms with E-state index >= 15 is 0 Å². The minimum Gasteiger partial charge on any atom is -0.478 e. The van der Waals surface area contributed by atoms with Crippen molar-refractivity contribution in [3.05, 3.63) is 0 Å². The first-order chi connectivity index (χ1) is 10.8. The Labute approximate surface area is 184 Å². The average molecular weight is 479 g/mol. The van der Waals surface area contributed by atoms with Crippen molar-refractivity contribution in [2.75, 3.05) is 18.6 Å². The van der Waals surface area contributed by atoms with Crippen molar-refractivity contribution < 1.29 is 37.5 Å². The molecule has 0 saturated carbocycles. The summed E-state index contributed by atoms with van der Waals surface area (Å²) >= 11 is 9.53. The van der Waals surface area contributed by atoms with Crippen LogP contribution in [0.3, 0.4) is 0 Å². The molecule has 2 atom stereocenters. The van der Waals surface area contributed by atoms with Crippen molar-refractivity contribution in [1.29, 1.82) is 0 Å².